The normalized spacial score (nSPS) is 56.3. The van der Waals surface area contributed by atoms with E-state index in [0.717, 1.165) is 19.3 Å². The Morgan fingerprint density at radius 1 is 0.875 bits per heavy atom. The first-order valence-electron chi connectivity index (χ1n) is 13.0. The van der Waals surface area contributed by atoms with Gasteiger partial charge in [-0.3, -0.25) is 4.79 Å². The quantitative estimate of drug-likeness (QED) is 0.425. The fourth-order valence-corrected chi connectivity index (χ4v) is 9.79. The molecule has 0 unspecified atom stereocenters. The first kappa shape index (κ1) is 22.5. The molecule has 3 fully saturated rings. The van der Waals surface area contributed by atoms with Crippen molar-refractivity contribution in [1.82, 2.24) is 0 Å². The van der Waals surface area contributed by atoms with Crippen LogP contribution in [0.1, 0.15) is 93.4 Å². The van der Waals surface area contributed by atoms with E-state index < -0.39 is 11.4 Å². The SMILES string of the molecule is CC1=CC=C[C@H]2[C@]3(C)CC[C@@]4(C)[C@@H]5C[C@](C)(C(=O)O)CC[C@]5(C)CC[C@]4(C)[C@H]3C=C[C@]12C. The Kier molecular flexibility index (Phi) is 4.51. The number of hydrogen-bond donors (Lipinski definition) is 1. The van der Waals surface area contributed by atoms with E-state index in [1.807, 2.05) is 6.92 Å². The highest BCUT2D eigenvalue weighted by molar-refractivity contribution is 5.74. The number of fused-ring (bicyclic) bond motifs is 7. The Morgan fingerprint density at radius 3 is 2.22 bits per heavy atom. The molecule has 0 aromatic heterocycles. The van der Waals surface area contributed by atoms with Gasteiger partial charge in [0.1, 0.15) is 0 Å². The fraction of sp³-hybridized carbons (Fsp3) is 0.767. The van der Waals surface area contributed by atoms with E-state index in [4.69, 9.17) is 0 Å². The Bertz CT molecular complexity index is 942. The van der Waals surface area contributed by atoms with E-state index in [1.165, 1.54) is 31.3 Å². The molecule has 5 rings (SSSR count). The lowest BCUT2D eigenvalue weighted by Crippen LogP contribution is -2.66. The first-order chi connectivity index (χ1) is 14.8. The molecular formula is C30H44O2. The number of carboxylic acids is 1. The minimum absolute atomic E-state index is 0.125. The molecule has 32 heavy (non-hydrogen) atoms. The largest absolute Gasteiger partial charge is 0.481 e. The molecule has 0 heterocycles. The van der Waals surface area contributed by atoms with Crippen LogP contribution in [0.5, 0.6) is 0 Å². The van der Waals surface area contributed by atoms with Crippen molar-refractivity contribution in [1.29, 1.82) is 0 Å². The van der Waals surface area contributed by atoms with Gasteiger partial charge < -0.3 is 5.11 Å². The van der Waals surface area contributed by atoms with E-state index in [1.54, 1.807) is 0 Å². The summed E-state index contributed by atoms with van der Waals surface area (Å²) in [5.74, 6) is 0.989. The van der Waals surface area contributed by atoms with Crippen molar-refractivity contribution < 1.29 is 9.90 Å². The van der Waals surface area contributed by atoms with E-state index in [0.29, 0.717) is 17.8 Å². The van der Waals surface area contributed by atoms with Gasteiger partial charge in [-0.05, 0) is 98.2 Å². The Labute approximate surface area is 195 Å². The molecule has 2 heteroatoms. The van der Waals surface area contributed by atoms with Crippen molar-refractivity contribution in [3.8, 4) is 0 Å². The predicted octanol–water partition coefficient (Wildman–Crippen LogP) is 7.81. The van der Waals surface area contributed by atoms with Crippen LogP contribution in [-0.2, 0) is 4.79 Å². The van der Waals surface area contributed by atoms with Gasteiger partial charge in [0.15, 0.2) is 0 Å². The van der Waals surface area contributed by atoms with Crippen LogP contribution < -0.4 is 0 Å². The van der Waals surface area contributed by atoms with E-state index >= 15 is 0 Å². The molecule has 0 aliphatic heterocycles. The highest BCUT2D eigenvalue weighted by Gasteiger charge is 2.69. The molecule has 5 aliphatic carbocycles. The molecular weight excluding hydrogens is 392 g/mol. The van der Waals surface area contributed by atoms with Crippen LogP contribution in [0, 0.1) is 50.2 Å². The zero-order valence-corrected chi connectivity index (χ0v) is 21.4. The summed E-state index contributed by atoms with van der Waals surface area (Å²) in [5.41, 5.74) is 1.97. The van der Waals surface area contributed by atoms with Crippen molar-refractivity contribution in [2.45, 2.75) is 93.4 Å². The summed E-state index contributed by atoms with van der Waals surface area (Å²) in [4.78, 5) is 12.3. The number of rotatable bonds is 1. The van der Waals surface area contributed by atoms with E-state index in [9.17, 15) is 9.90 Å². The molecule has 0 aromatic carbocycles. The maximum atomic E-state index is 12.3. The lowest BCUT2D eigenvalue weighted by Gasteiger charge is -2.73. The van der Waals surface area contributed by atoms with Crippen LogP contribution >= 0.6 is 0 Å². The average molecular weight is 437 g/mol. The number of carbonyl (C=O) groups is 1. The van der Waals surface area contributed by atoms with E-state index in [2.05, 4.69) is 71.9 Å². The predicted molar refractivity (Wildman–Crippen MR) is 131 cm³/mol. The molecule has 0 aromatic rings. The van der Waals surface area contributed by atoms with Gasteiger partial charge >= 0.3 is 5.97 Å². The molecule has 0 radical (unpaired) electrons. The highest BCUT2D eigenvalue weighted by Crippen LogP contribution is 2.76. The van der Waals surface area contributed by atoms with Crippen LogP contribution in [0.2, 0.25) is 0 Å². The summed E-state index contributed by atoms with van der Waals surface area (Å²) >= 11 is 0. The fourth-order valence-electron chi connectivity index (χ4n) is 9.79. The topological polar surface area (TPSA) is 37.3 Å². The number of hydrogen-bond acceptors (Lipinski definition) is 1. The maximum absolute atomic E-state index is 12.3. The second-order valence-electron chi connectivity index (χ2n) is 13.9. The van der Waals surface area contributed by atoms with Crippen LogP contribution in [-0.4, -0.2) is 11.1 Å². The van der Waals surface area contributed by atoms with Crippen LogP contribution in [0.4, 0.5) is 0 Å². The zero-order valence-electron chi connectivity index (χ0n) is 21.4. The molecule has 0 saturated heterocycles. The molecule has 1 N–H and O–H groups in total. The minimum atomic E-state index is -0.584. The molecule has 0 amide bonds. The zero-order chi connectivity index (χ0) is 23.4. The van der Waals surface area contributed by atoms with Gasteiger partial charge in [0.25, 0.3) is 0 Å². The van der Waals surface area contributed by atoms with Gasteiger partial charge in [-0.15, -0.1) is 0 Å². The second-order valence-corrected chi connectivity index (χ2v) is 13.9. The number of allylic oxidation sites excluding steroid dienone is 6. The summed E-state index contributed by atoms with van der Waals surface area (Å²) in [5, 5.41) is 10.1. The number of carboxylic acid groups (broad SMARTS) is 1. The maximum Gasteiger partial charge on any atom is 0.309 e. The van der Waals surface area contributed by atoms with Gasteiger partial charge in [0.05, 0.1) is 5.41 Å². The molecule has 5 aliphatic rings. The van der Waals surface area contributed by atoms with Crippen LogP contribution in [0.25, 0.3) is 0 Å². The molecule has 0 spiro atoms. The second kappa shape index (κ2) is 6.42. The molecule has 9 atom stereocenters. The first-order valence-corrected chi connectivity index (χ1v) is 13.0. The minimum Gasteiger partial charge on any atom is -0.481 e. The highest BCUT2D eigenvalue weighted by atomic mass is 16.4. The Balaban J connectivity index is 1.60. The summed E-state index contributed by atoms with van der Waals surface area (Å²) in [6, 6.07) is 0. The van der Waals surface area contributed by atoms with Gasteiger partial charge in [0.2, 0.25) is 0 Å². The third-order valence-corrected chi connectivity index (χ3v) is 12.6. The van der Waals surface area contributed by atoms with Crippen molar-refractivity contribution in [3.63, 3.8) is 0 Å². The lowest BCUT2D eigenvalue weighted by molar-refractivity contribution is -0.223. The van der Waals surface area contributed by atoms with Gasteiger partial charge in [-0.1, -0.05) is 70.6 Å². The third kappa shape index (κ3) is 2.51. The smallest absolute Gasteiger partial charge is 0.309 e. The average Bonchev–Trinajstić information content (AvgIpc) is 2.72. The van der Waals surface area contributed by atoms with Gasteiger partial charge in [-0.25, -0.2) is 0 Å². The molecule has 2 nitrogen and oxygen atoms in total. The van der Waals surface area contributed by atoms with Crippen LogP contribution in [0.3, 0.4) is 0 Å². The molecule has 3 saturated carbocycles. The van der Waals surface area contributed by atoms with Gasteiger partial charge in [0, 0.05) is 5.41 Å². The standard InChI is InChI=1S/C30H44O2/c1-20-9-8-10-21-27(20,4)12-11-22-28(21,5)16-18-30(7)23-19-26(3,24(31)32)14-13-25(23,2)15-17-29(22,30)6/h8-12,21-23H,13-19H2,1-7H3,(H,31,32)/t21-,22+,23-,25-,26-,27-,28+,29-,30+/m1/s1. The summed E-state index contributed by atoms with van der Waals surface area (Å²) in [6.07, 6.45) is 20.0. The molecule has 0 bridgehead atoms. The Hall–Kier alpha value is -1.31. The van der Waals surface area contributed by atoms with E-state index in [-0.39, 0.29) is 27.1 Å². The van der Waals surface area contributed by atoms with Crippen LogP contribution in [0.15, 0.2) is 36.0 Å². The molecule has 176 valence electrons. The summed E-state index contributed by atoms with van der Waals surface area (Å²) < 4.78 is 0. The van der Waals surface area contributed by atoms with Crippen molar-refractivity contribution in [3.05, 3.63) is 36.0 Å². The lowest BCUT2D eigenvalue weighted by atomic mass is 9.31. The Morgan fingerprint density at radius 2 is 1.53 bits per heavy atom. The summed E-state index contributed by atoms with van der Waals surface area (Å²) in [6.45, 7) is 17.0. The number of aliphatic carboxylic acids is 1. The summed E-state index contributed by atoms with van der Waals surface area (Å²) in [7, 11) is 0. The monoisotopic (exact) mass is 436 g/mol. The van der Waals surface area contributed by atoms with Crippen molar-refractivity contribution in [2.75, 3.05) is 0 Å². The van der Waals surface area contributed by atoms with Crippen molar-refractivity contribution in [2.24, 2.45) is 50.2 Å². The van der Waals surface area contributed by atoms with Gasteiger partial charge in [-0.2, -0.15) is 0 Å². The van der Waals surface area contributed by atoms with Crippen molar-refractivity contribution >= 4 is 5.97 Å². The third-order valence-electron chi connectivity index (χ3n) is 12.6.